The van der Waals surface area contributed by atoms with Crippen LogP contribution in [0.2, 0.25) is 0 Å². The van der Waals surface area contributed by atoms with Crippen LogP contribution in [-0.2, 0) is 0 Å². The van der Waals surface area contributed by atoms with Gasteiger partial charge in [-0.1, -0.05) is 90.4 Å². The molecule has 0 rings (SSSR count). The molecule has 5 nitrogen and oxygen atoms in total. The summed E-state index contributed by atoms with van der Waals surface area (Å²) < 4.78 is 0. The average molecular weight is 327 g/mol. The number of nitrogens with one attached hydrogen (secondary N) is 1. The molecule has 0 aromatic rings. The first-order valence-corrected chi connectivity index (χ1v) is 9.54. The van der Waals surface area contributed by atoms with Crippen molar-refractivity contribution < 1.29 is 4.79 Å². The highest BCUT2D eigenvalue weighted by Gasteiger charge is 1.97. The maximum atomic E-state index is 11.1. The van der Waals surface area contributed by atoms with E-state index in [4.69, 9.17) is 11.5 Å². The third-order valence-corrected chi connectivity index (χ3v) is 4.04. The van der Waals surface area contributed by atoms with E-state index in [2.05, 4.69) is 17.2 Å². The Morgan fingerprint density at radius 1 is 0.739 bits per heavy atom. The molecule has 0 aliphatic carbocycles. The van der Waals surface area contributed by atoms with E-state index in [0.717, 1.165) is 12.8 Å². The lowest BCUT2D eigenvalue weighted by Crippen LogP contribution is -2.29. The molecular formula is C18H38N4O. The number of nitrogens with two attached hydrogens (primary N) is 2. The average Bonchev–Trinajstić information content (AvgIpc) is 2.50. The molecule has 2 amide bonds. The van der Waals surface area contributed by atoms with Crippen LogP contribution >= 0.6 is 0 Å². The van der Waals surface area contributed by atoms with Gasteiger partial charge in [-0.05, 0) is 6.42 Å². The number of hydrogen-bond donors (Lipinski definition) is 3. The number of nitrogens with zero attached hydrogens (tertiary/aromatic N) is 1. The van der Waals surface area contributed by atoms with Crippen molar-refractivity contribution in [2.45, 2.75) is 96.8 Å². The Morgan fingerprint density at radius 3 is 1.52 bits per heavy atom. The van der Waals surface area contributed by atoms with Gasteiger partial charge in [0.1, 0.15) is 0 Å². The Kier molecular flexibility index (Phi) is 16.2. The summed E-state index contributed by atoms with van der Waals surface area (Å²) in [4.78, 5) is 14.5. The van der Waals surface area contributed by atoms with Crippen molar-refractivity contribution >= 4 is 12.0 Å². The molecule has 0 saturated carbocycles. The summed E-state index contributed by atoms with van der Waals surface area (Å²) in [5.74, 6) is -0.191. The first-order valence-electron chi connectivity index (χ1n) is 9.54. The molecule has 0 radical (unpaired) electrons. The van der Waals surface area contributed by atoms with Crippen LogP contribution in [0.25, 0.3) is 0 Å². The summed E-state index contributed by atoms with van der Waals surface area (Å²) in [6.45, 7) is 2.91. The largest absolute Gasteiger partial charge is 0.370 e. The minimum atomic E-state index is -0.445. The number of hydrogen-bond acceptors (Lipinski definition) is 1. The highest BCUT2D eigenvalue weighted by Crippen LogP contribution is 2.12. The summed E-state index contributed by atoms with van der Waals surface area (Å²) in [6.07, 6.45) is 18.6. The molecule has 5 N–H and O–H groups in total. The van der Waals surface area contributed by atoms with Gasteiger partial charge in [0.15, 0.2) is 5.96 Å². The van der Waals surface area contributed by atoms with Gasteiger partial charge in [0.25, 0.3) is 0 Å². The fourth-order valence-corrected chi connectivity index (χ4v) is 2.67. The van der Waals surface area contributed by atoms with E-state index in [1.807, 2.05) is 0 Å². The monoisotopic (exact) mass is 326 g/mol. The standard InChI is InChI=1S/C18H38N4O/c1-2-3-4-5-6-7-8-9-10-11-12-13-14-15-16-21-18(23)22-17(19)20/h2-16H2,1H3,(H5,19,20,21,22,23). The minimum Gasteiger partial charge on any atom is -0.370 e. The smallest absolute Gasteiger partial charge is 0.344 e. The molecular weight excluding hydrogens is 288 g/mol. The molecule has 0 heterocycles. The van der Waals surface area contributed by atoms with Gasteiger partial charge in [-0.15, -0.1) is 0 Å². The van der Waals surface area contributed by atoms with Gasteiger partial charge in [-0.25, -0.2) is 4.79 Å². The second-order valence-electron chi connectivity index (χ2n) is 6.36. The van der Waals surface area contributed by atoms with Gasteiger partial charge < -0.3 is 16.8 Å². The lowest BCUT2D eigenvalue weighted by Gasteiger charge is -2.04. The number of unbranched alkanes of at least 4 members (excludes halogenated alkanes) is 13. The first-order chi connectivity index (χ1) is 11.2. The maximum absolute atomic E-state index is 11.1. The predicted molar refractivity (Wildman–Crippen MR) is 99.5 cm³/mol. The van der Waals surface area contributed by atoms with Crippen molar-refractivity contribution in [3.05, 3.63) is 0 Å². The van der Waals surface area contributed by atoms with Crippen LogP contribution in [0.15, 0.2) is 4.99 Å². The maximum Gasteiger partial charge on any atom is 0.344 e. The second-order valence-corrected chi connectivity index (χ2v) is 6.36. The molecule has 0 aromatic carbocycles. The topological polar surface area (TPSA) is 93.5 Å². The molecule has 0 fully saturated rings. The summed E-state index contributed by atoms with van der Waals surface area (Å²) in [5, 5.41) is 2.67. The molecule has 5 heteroatoms. The van der Waals surface area contributed by atoms with Gasteiger partial charge in [0.05, 0.1) is 0 Å². The zero-order valence-corrected chi connectivity index (χ0v) is 15.1. The number of guanidine groups is 1. The van der Waals surface area contributed by atoms with E-state index < -0.39 is 6.03 Å². The van der Waals surface area contributed by atoms with Crippen LogP contribution in [-0.4, -0.2) is 18.5 Å². The molecule has 0 aliphatic heterocycles. The van der Waals surface area contributed by atoms with Crippen molar-refractivity contribution in [2.24, 2.45) is 16.5 Å². The number of amides is 2. The fourth-order valence-electron chi connectivity index (χ4n) is 2.67. The van der Waals surface area contributed by atoms with E-state index >= 15 is 0 Å². The number of carbonyl (C=O) groups excluding carboxylic acids is 1. The van der Waals surface area contributed by atoms with Crippen molar-refractivity contribution in [2.75, 3.05) is 6.54 Å². The van der Waals surface area contributed by atoms with E-state index in [1.54, 1.807) is 0 Å². The Morgan fingerprint density at radius 2 is 1.13 bits per heavy atom. The third-order valence-electron chi connectivity index (χ3n) is 4.04. The highest BCUT2D eigenvalue weighted by molar-refractivity contribution is 5.90. The van der Waals surface area contributed by atoms with E-state index in [1.165, 1.54) is 77.0 Å². The van der Waals surface area contributed by atoms with Gasteiger partial charge in [-0.2, -0.15) is 4.99 Å². The number of urea groups is 1. The van der Waals surface area contributed by atoms with E-state index in [-0.39, 0.29) is 5.96 Å². The quantitative estimate of drug-likeness (QED) is 0.236. The van der Waals surface area contributed by atoms with Crippen LogP contribution in [0.1, 0.15) is 96.8 Å². The van der Waals surface area contributed by atoms with Gasteiger partial charge in [-0.3, -0.25) is 0 Å². The van der Waals surface area contributed by atoms with Crippen molar-refractivity contribution in [3.63, 3.8) is 0 Å². The first kappa shape index (κ1) is 21.7. The molecule has 0 saturated heterocycles. The summed E-state index contributed by atoms with van der Waals surface area (Å²) in [7, 11) is 0. The Labute approximate surface area is 142 Å². The van der Waals surface area contributed by atoms with Gasteiger partial charge in [0.2, 0.25) is 0 Å². The zero-order valence-electron chi connectivity index (χ0n) is 15.1. The highest BCUT2D eigenvalue weighted by atomic mass is 16.2. The molecule has 0 unspecified atom stereocenters. The molecule has 136 valence electrons. The van der Waals surface area contributed by atoms with Crippen LogP contribution in [0.5, 0.6) is 0 Å². The van der Waals surface area contributed by atoms with Crippen LogP contribution in [0.4, 0.5) is 4.79 Å². The Bertz CT molecular complexity index is 301. The lowest BCUT2D eigenvalue weighted by atomic mass is 10.0. The van der Waals surface area contributed by atoms with Crippen molar-refractivity contribution in [1.82, 2.24) is 5.32 Å². The minimum absolute atomic E-state index is 0.191. The van der Waals surface area contributed by atoms with Gasteiger partial charge >= 0.3 is 6.03 Å². The molecule has 0 spiro atoms. The Hall–Kier alpha value is -1.26. The molecule has 0 atom stereocenters. The van der Waals surface area contributed by atoms with Crippen LogP contribution in [0, 0.1) is 0 Å². The Balaban J connectivity index is 3.11. The van der Waals surface area contributed by atoms with Crippen molar-refractivity contribution in [3.8, 4) is 0 Å². The second kappa shape index (κ2) is 17.1. The van der Waals surface area contributed by atoms with E-state index in [9.17, 15) is 4.79 Å². The predicted octanol–water partition coefficient (Wildman–Crippen LogP) is 4.45. The number of rotatable bonds is 15. The van der Waals surface area contributed by atoms with Crippen molar-refractivity contribution in [1.29, 1.82) is 0 Å². The molecule has 0 aliphatic rings. The van der Waals surface area contributed by atoms with E-state index in [0.29, 0.717) is 6.54 Å². The van der Waals surface area contributed by atoms with Crippen LogP contribution < -0.4 is 16.8 Å². The third kappa shape index (κ3) is 18.7. The van der Waals surface area contributed by atoms with Gasteiger partial charge in [0, 0.05) is 6.54 Å². The number of aliphatic imine (C=N–C) groups is 1. The zero-order chi connectivity index (χ0) is 17.2. The number of carbonyl (C=O) groups is 1. The summed E-state index contributed by atoms with van der Waals surface area (Å²) in [6, 6.07) is -0.445. The normalized spacial score (nSPS) is 10.5. The SMILES string of the molecule is CCCCCCCCCCCCCCCCNC(=O)N=C(N)N. The summed E-state index contributed by atoms with van der Waals surface area (Å²) >= 11 is 0. The molecule has 23 heavy (non-hydrogen) atoms. The molecule has 0 aromatic heterocycles. The fraction of sp³-hybridized carbons (Fsp3) is 0.889. The summed E-state index contributed by atoms with van der Waals surface area (Å²) in [5.41, 5.74) is 10.2. The molecule has 0 bridgehead atoms. The van der Waals surface area contributed by atoms with Crippen LogP contribution in [0.3, 0.4) is 0 Å². The lowest BCUT2D eigenvalue weighted by molar-refractivity contribution is 0.249.